The molecule has 2 bridgehead atoms. The van der Waals surface area contributed by atoms with E-state index in [9.17, 15) is 9.18 Å². The lowest BCUT2D eigenvalue weighted by molar-refractivity contribution is -0.117. The minimum atomic E-state index is -0.281. The smallest absolute Gasteiger partial charge is 0.225 e. The molecule has 0 spiro atoms. The predicted molar refractivity (Wildman–Crippen MR) is 94.9 cm³/mol. The van der Waals surface area contributed by atoms with Crippen LogP contribution < -0.4 is 5.32 Å². The van der Waals surface area contributed by atoms with Crippen molar-refractivity contribution in [1.82, 2.24) is 9.78 Å². The number of rotatable bonds is 5. The highest BCUT2D eigenvalue weighted by atomic mass is 35.5. The zero-order chi connectivity index (χ0) is 17.4. The maximum atomic E-state index is 13.7. The Kier molecular flexibility index (Phi) is 4.50. The van der Waals surface area contributed by atoms with Gasteiger partial charge in [0, 0.05) is 18.2 Å². The summed E-state index contributed by atoms with van der Waals surface area (Å²) in [5.74, 6) is 2.08. The molecular formula is C19H21ClFN3O. The average Bonchev–Trinajstić information content (AvgIpc) is 3.26. The lowest BCUT2D eigenvalue weighted by Gasteiger charge is -2.20. The lowest BCUT2D eigenvalue weighted by atomic mass is 9.86. The number of aromatic nitrogens is 2. The highest BCUT2D eigenvalue weighted by molar-refractivity contribution is 6.33. The second kappa shape index (κ2) is 6.79. The first-order valence-electron chi connectivity index (χ1n) is 8.84. The molecule has 1 heterocycles. The van der Waals surface area contributed by atoms with Crippen LogP contribution in [0.5, 0.6) is 0 Å². The van der Waals surface area contributed by atoms with E-state index >= 15 is 0 Å². The number of amides is 1. The number of nitrogens with zero attached hydrogens (tertiary/aromatic N) is 2. The first-order valence-corrected chi connectivity index (χ1v) is 9.22. The molecule has 3 unspecified atom stereocenters. The van der Waals surface area contributed by atoms with Gasteiger partial charge in [-0.3, -0.25) is 9.48 Å². The maximum absolute atomic E-state index is 13.7. The molecule has 2 aliphatic carbocycles. The van der Waals surface area contributed by atoms with Crippen LogP contribution in [0.3, 0.4) is 0 Å². The fourth-order valence-corrected chi connectivity index (χ4v) is 4.61. The van der Waals surface area contributed by atoms with Gasteiger partial charge in [-0.2, -0.15) is 5.10 Å². The number of carbonyl (C=O) groups excluding carboxylic acids is 1. The van der Waals surface area contributed by atoms with E-state index in [0.29, 0.717) is 34.7 Å². The Morgan fingerprint density at radius 1 is 1.32 bits per heavy atom. The molecule has 0 saturated heterocycles. The van der Waals surface area contributed by atoms with Crippen LogP contribution in [-0.2, 0) is 11.3 Å². The Morgan fingerprint density at radius 3 is 2.88 bits per heavy atom. The van der Waals surface area contributed by atoms with Crippen molar-refractivity contribution in [2.24, 2.45) is 17.8 Å². The van der Waals surface area contributed by atoms with E-state index in [-0.39, 0.29) is 18.3 Å². The van der Waals surface area contributed by atoms with E-state index in [1.54, 1.807) is 29.1 Å². The van der Waals surface area contributed by atoms with Crippen molar-refractivity contribution in [3.63, 3.8) is 0 Å². The molecule has 4 nitrogen and oxygen atoms in total. The predicted octanol–water partition coefficient (Wildman–Crippen LogP) is 4.49. The summed E-state index contributed by atoms with van der Waals surface area (Å²) >= 11 is 6.18. The van der Waals surface area contributed by atoms with Crippen LogP contribution >= 0.6 is 11.6 Å². The SMILES string of the molecule is O=C(CC1CC2CCC1C2)Nc1nn(Cc2ccccc2F)cc1Cl. The molecule has 1 aromatic carbocycles. The van der Waals surface area contributed by atoms with Gasteiger partial charge in [0.1, 0.15) is 10.8 Å². The van der Waals surface area contributed by atoms with Gasteiger partial charge in [-0.1, -0.05) is 36.2 Å². The molecule has 2 aliphatic rings. The summed E-state index contributed by atoms with van der Waals surface area (Å²) in [6.45, 7) is 0.272. The third-order valence-corrected chi connectivity index (χ3v) is 5.87. The van der Waals surface area contributed by atoms with Crippen LogP contribution in [0, 0.1) is 23.6 Å². The summed E-state index contributed by atoms with van der Waals surface area (Å²) in [4.78, 5) is 12.3. The quantitative estimate of drug-likeness (QED) is 0.852. The second-order valence-electron chi connectivity index (χ2n) is 7.30. The van der Waals surface area contributed by atoms with Crippen LogP contribution in [0.15, 0.2) is 30.5 Å². The largest absolute Gasteiger partial charge is 0.308 e. The van der Waals surface area contributed by atoms with Crippen LogP contribution in [-0.4, -0.2) is 15.7 Å². The molecule has 6 heteroatoms. The molecule has 2 saturated carbocycles. The highest BCUT2D eigenvalue weighted by Crippen LogP contribution is 2.49. The Bertz CT molecular complexity index is 791. The Hall–Kier alpha value is -1.88. The molecule has 4 rings (SSSR count). The number of benzene rings is 1. The molecular weight excluding hydrogens is 341 g/mol. The fourth-order valence-electron chi connectivity index (χ4n) is 4.41. The van der Waals surface area contributed by atoms with Gasteiger partial charge in [-0.25, -0.2) is 4.39 Å². The van der Waals surface area contributed by atoms with Gasteiger partial charge in [-0.15, -0.1) is 0 Å². The Labute approximate surface area is 151 Å². The minimum Gasteiger partial charge on any atom is -0.308 e. The number of anilines is 1. The molecule has 1 aromatic heterocycles. The molecule has 2 aromatic rings. The number of halogens is 2. The summed E-state index contributed by atoms with van der Waals surface area (Å²) in [5.41, 5.74) is 0.529. The molecule has 25 heavy (non-hydrogen) atoms. The van der Waals surface area contributed by atoms with E-state index in [1.807, 2.05) is 0 Å². The molecule has 0 aliphatic heterocycles. The number of hydrogen-bond donors (Lipinski definition) is 1. The molecule has 0 radical (unpaired) electrons. The molecule has 132 valence electrons. The lowest BCUT2D eigenvalue weighted by Crippen LogP contribution is -2.20. The first kappa shape index (κ1) is 16.6. The summed E-state index contributed by atoms with van der Waals surface area (Å²) in [5, 5.41) is 7.49. The monoisotopic (exact) mass is 361 g/mol. The van der Waals surface area contributed by atoms with Gasteiger partial charge < -0.3 is 5.32 Å². The van der Waals surface area contributed by atoms with Crippen LogP contribution in [0.2, 0.25) is 5.02 Å². The Morgan fingerprint density at radius 2 is 2.16 bits per heavy atom. The number of nitrogens with one attached hydrogen (secondary N) is 1. The van der Waals surface area contributed by atoms with Crippen molar-refractivity contribution in [2.45, 2.75) is 38.6 Å². The van der Waals surface area contributed by atoms with Crippen molar-refractivity contribution in [3.8, 4) is 0 Å². The van der Waals surface area contributed by atoms with E-state index in [2.05, 4.69) is 10.4 Å². The van der Waals surface area contributed by atoms with Crippen LogP contribution in [0.25, 0.3) is 0 Å². The zero-order valence-electron chi connectivity index (χ0n) is 13.9. The number of fused-ring (bicyclic) bond motifs is 2. The topological polar surface area (TPSA) is 46.9 Å². The normalized spacial score (nSPS) is 24.6. The zero-order valence-corrected chi connectivity index (χ0v) is 14.7. The van der Waals surface area contributed by atoms with Gasteiger partial charge >= 0.3 is 0 Å². The van der Waals surface area contributed by atoms with Gasteiger partial charge in [-0.05, 0) is 43.1 Å². The first-order chi connectivity index (χ1) is 12.1. The van der Waals surface area contributed by atoms with E-state index in [0.717, 1.165) is 5.92 Å². The third kappa shape index (κ3) is 3.56. The average molecular weight is 362 g/mol. The second-order valence-corrected chi connectivity index (χ2v) is 7.71. The third-order valence-electron chi connectivity index (χ3n) is 5.60. The maximum Gasteiger partial charge on any atom is 0.225 e. The van der Waals surface area contributed by atoms with Gasteiger partial charge in [0.2, 0.25) is 5.91 Å². The van der Waals surface area contributed by atoms with Crippen molar-refractivity contribution < 1.29 is 9.18 Å². The van der Waals surface area contributed by atoms with Crippen LogP contribution in [0.1, 0.15) is 37.7 Å². The minimum absolute atomic E-state index is 0.0319. The van der Waals surface area contributed by atoms with Crippen molar-refractivity contribution >= 4 is 23.3 Å². The molecule has 1 N–H and O–H groups in total. The molecule has 1 amide bonds. The number of hydrogen-bond acceptors (Lipinski definition) is 2. The molecule has 2 fully saturated rings. The van der Waals surface area contributed by atoms with Crippen LogP contribution in [0.4, 0.5) is 10.2 Å². The summed E-state index contributed by atoms with van der Waals surface area (Å²) in [6.07, 6.45) is 7.21. The summed E-state index contributed by atoms with van der Waals surface area (Å²) in [7, 11) is 0. The van der Waals surface area contributed by atoms with Gasteiger partial charge in [0.25, 0.3) is 0 Å². The van der Waals surface area contributed by atoms with Crippen molar-refractivity contribution in [3.05, 3.63) is 46.9 Å². The summed E-state index contributed by atoms with van der Waals surface area (Å²) < 4.78 is 15.3. The van der Waals surface area contributed by atoms with Gasteiger partial charge in [0.05, 0.1) is 6.54 Å². The Balaban J connectivity index is 1.38. The van der Waals surface area contributed by atoms with E-state index in [1.165, 1.54) is 31.7 Å². The van der Waals surface area contributed by atoms with Gasteiger partial charge in [0.15, 0.2) is 5.82 Å². The summed E-state index contributed by atoms with van der Waals surface area (Å²) in [6, 6.07) is 6.55. The van der Waals surface area contributed by atoms with Crippen molar-refractivity contribution in [1.29, 1.82) is 0 Å². The molecule has 3 atom stereocenters. The fraction of sp³-hybridized carbons (Fsp3) is 0.474. The van der Waals surface area contributed by atoms with Crippen molar-refractivity contribution in [2.75, 3.05) is 5.32 Å². The van der Waals surface area contributed by atoms with E-state index < -0.39 is 0 Å². The standard InChI is InChI=1S/C19H21ClFN3O/c20-16-11-24(10-14-3-1-2-4-17(14)21)23-19(16)22-18(25)9-15-8-12-5-6-13(15)7-12/h1-4,11-13,15H,5-10H2,(H,22,23,25). The highest BCUT2D eigenvalue weighted by Gasteiger charge is 2.40. The van der Waals surface area contributed by atoms with E-state index in [4.69, 9.17) is 11.6 Å². The number of carbonyl (C=O) groups is 1.